The van der Waals surface area contributed by atoms with Crippen LogP contribution in [0.3, 0.4) is 0 Å². The second kappa shape index (κ2) is 14.6. The van der Waals surface area contributed by atoms with Crippen LogP contribution in [0.15, 0.2) is 41.1 Å². The molecule has 0 heterocycles. The van der Waals surface area contributed by atoms with Gasteiger partial charge >= 0.3 is 5.97 Å². The Morgan fingerprint density at radius 3 is 2.61 bits per heavy atom. The molecule has 11 nitrogen and oxygen atoms in total. The van der Waals surface area contributed by atoms with Gasteiger partial charge in [0, 0.05) is 29.6 Å². The first kappa shape index (κ1) is 37.0. The van der Waals surface area contributed by atoms with E-state index in [9.17, 15) is 34.5 Å². The number of aliphatic hydroxyl groups is 3. The van der Waals surface area contributed by atoms with Gasteiger partial charge in [-0.05, 0) is 94.8 Å². The Morgan fingerprint density at radius 2 is 1.86 bits per heavy atom. The standard InChI is InChI=1S/C37H52FN3O8/c1-23-18-28-27-15-14-24-19-25(43)16-17-34(24,2)36(27,38)30(44)20-35(28,3)37(23,48)29(22-42)40-41-32(46)13-9-12-31(45)39-21-33(47)49-26-10-7-5-4-6-8-11-26/h7,10,16-17,19,23,26-28,30,42,44,48H,4-6,8-9,11-15,18,20-22H2,1-3H3,(H,39,45)(H,41,46)/b10-7+,40-29-/t23-,26?,27+,28+,30+,34+,35+,36+,37+/m1/s1. The number of nitrogens with one attached hydrogen (secondary N) is 2. The molecule has 0 aliphatic heterocycles. The molecule has 5 rings (SSSR count). The van der Waals surface area contributed by atoms with Crippen LogP contribution in [-0.2, 0) is 23.9 Å². The van der Waals surface area contributed by atoms with Gasteiger partial charge in [0.1, 0.15) is 18.2 Å². The van der Waals surface area contributed by atoms with Crippen molar-refractivity contribution in [3.05, 3.63) is 36.0 Å². The summed E-state index contributed by atoms with van der Waals surface area (Å²) in [5, 5.41) is 41.0. The van der Waals surface area contributed by atoms with Crippen molar-refractivity contribution in [3.8, 4) is 0 Å². The summed E-state index contributed by atoms with van der Waals surface area (Å²) in [5.41, 5.74) is -3.06. The Hall–Kier alpha value is -3.22. The Morgan fingerprint density at radius 1 is 1.10 bits per heavy atom. The molecule has 5 N–H and O–H groups in total. The zero-order chi connectivity index (χ0) is 35.6. The molecule has 2 amide bonds. The van der Waals surface area contributed by atoms with Crippen LogP contribution in [0.1, 0.15) is 97.8 Å². The van der Waals surface area contributed by atoms with E-state index in [-0.39, 0.29) is 55.7 Å². The number of esters is 1. The minimum Gasteiger partial charge on any atom is -0.457 e. The van der Waals surface area contributed by atoms with E-state index in [0.717, 1.165) is 32.1 Å². The van der Waals surface area contributed by atoms with Gasteiger partial charge in [0.2, 0.25) is 11.8 Å². The van der Waals surface area contributed by atoms with Crippen LogP contribution < -0.4 is 10.7 Å². The van der Waals surface area contributed by atoms with E-state index in [0.29, 0.717) is 24.8 Å². The first-order valence-electron chi connectivity index (χ1n) is 17.8. The van der Waals surface area contributed by atoms with Crippen molar-refractivity contribution in [1.82, 2.24) is 10.7 Å². The number of rotatable bonds is 10. The van der Waals surface area contributed by atoms with Crippen molar-refractivity contribution >= 4 is 29.3 Å². The zero-order valence-electron chi connectivity index (χ0n) is 28.9. The SMILES string of the molecule is C[C@@H]1C[C@H]2[C@@H]3CCC4=CC(=O)C=C[C@]4(C)[C@@]3(F)[C@@H](O)C[C@]2(C)[C@@]1(O)/C(CO)=N\NC(=O)CCCC(=O)NCC(=O)OC1/C=C/CCCCC1. The van der Waals surface area contributed by atoms with Crippen LogP contribution in [0.5, 0.6) is 0 Å². The molecular formula is C37H52FN3O8. The number of carbonyl (C=O) groups is 4. The van der Waals surface area contributed by atoms with Crippen molar-refractivity contribution in [2.24, 2.45) is 33.7 Å². The van der Waals surface area contributed by atoms with Crippen LogP contribution in [0, 0.1) is 28.6 Å². The number of allylic oxidation sites excluding steroid dienone is 5. The molecule has 0 radical (unpaired) electrons. The second-order valence-electron chi connectivity index (χ2n) is 15.1. The molecule has 0 spiro atoms. The average Bonchev–Trinajstić information content (AvgIpc) is 3.23. The van der Waals surface area contributed by atoms with Crippen molar-refractivity contribution in [2.45, 2.75) is 121 Å². The molecule has 3 saturated carbocycles. The molecule has 9 atom stereocenters. The van der Waals surface area contributed by atoms with Gasteiger partial charge in [-0.3, -0.25) is 19.2 Å². The van der Waals surface area contributed by atoms with Gasteiger partial charge in [-0.25, -0.2) is 9.82 Å². The summed E-state index contributed by atoms with van der Waals surface area (Å²) in [6.45, 7) is 4.41. The first-order valence-corrected chi connectivity index (χ1v) is 17.8. The molecule has 0 aromatic rings. The fraction of sp³-hybridized carbons (Fsp3) is 0.703. The molecule has 1 unspecified atom stereocenters. The van der Waals surface area contributed by atoms with Gasteiger partial charge < -0.3 is 25.4 Å². The maximum absolute atomic E-state index is 17.4. The summed E-state index contributed by atoms with van der Waals surface area (Å²) in [7, 11) is 0. The highest BCUT2D eigenvalue weighted by Crippen LogP contribution is 2.70. The smallest absolute Gasteiger partial charge is 0.325 e. The number of hydrazone groups is 1. The summed E-state index contributed by atoms with van der Waals surface area (Å²) in [5.74, 6) is -3.13. The lowest BCUT2D eigenvalue weighted by Gasteiger charge is -2.62. The van der Waals surface area contributed by atoms with E-state index < -0.39 is 64.4 Å². The Bertz CT molecular complexity index is 1440. The predicted octanol–water partition coefficient (Wildman–Crippen LogP) is 3.52. The number of ketones is 1. The number of hydrogen-bond acceptors (Lipinski definition) is 9. The number of aliphatic hydroxyl groups excluding tert-OH is 2. The molecule has 270 valence electrons. The van der Waals surface area contributed by atoms with E-state index in [1.165, 1.54) is 12.2 Å². The number of alkyl halides is 1. The number of nitrogens with zero attached hydrogens (tertiary/aromatic N) is 1. The monoisotopic (exact) mass is 685 g/mol. The number of halogens is 1. The largest absolute Gasteiger partial charge is 0.457 e. The first-order chi connectivity index (χ1) is 23.2. The summed E-state index contributed by atoms with van der Waals surface area (Å²) in [4.78, 5) is 49.3. The van der Waals surface area contributed by atoms with Crippen molar-refractivity contribution < 1.29 is 43.6 Å². The molecular weight excluding hydrogens is 633 g/mol. The number of amides is 2. The highest BCUT2D eigenvalue weighted by molar-refractivity contribution is 6.01. The molecule has 12 heteroatoms. The summed E-state index contributed by atoms with van der Waals surface area (Å²) in [6, 6.07) is 0. The third kappa shape index (κ3) is 6.68. The van der Waals surface area contributed by atoms with Gasteiger partial charge in [-0.15, -0.1) is 0 Å². The molecule has 49 heavy (non-hydrogen) atoms. The van der Waals surface area contributed by atoms with Gasteiger partial charge in [-0.2, -0.15) is 5.10 Å². The fourth-order valence-corrected chi connectivity index (χ4v) is 9.69. The van der Waals surface area contributed by atoms with Crippen molar-refractivity contribution in [3.63, 3.8) is 0 Å². The number of carbonyl (C=O) groups excluding carboxylic acids is 4. The Labute approximate surface area is 287 Å². The lowest BCUT2D eigenvalue weighted by Crippen LogP contribution is -2.69. The second-order valence-corrected chi connectivity index (χ2v) is 15.1. The zero-order valence-corrected chi connectivity index (χ0v) is 28.9. The van der Waals surface area contributed by atoms with Crippen LogP contribution in [-0.4, -0.2) is 81.2 Å². The van der Waals surface area contributed by atoms with E-state index in [1.807, 2.05) is 12.2 Å². The molecule has 0 aromatic heterocycles. The maximum Gasteiger partial charge on any atom is 0.325 e. The Balaban J connectivity index is 1.17. The van der Waals surface area contributed by atoms with Crippen LogP contribution >= 0.6 is 0 Å². The van der Waals surface area contributed by atoms with Gasteiger partial charge in [-0.1, -0.05) is 38.0 Å². The quantitative estimate of drug-likeness (QED) is 0.101. The molecule has 0 saturated heterocycles. The molecule has 5 aliphatic carbocycles. The van der Waals surface area contributed by atoms with E-state index in [2.05, 4.69) is 15.8 Å². The molecule has 0 bridgehead atoms. The van der Waals surface area contributed by atoms with Crippen LogP contribution in [0.4, 0.5) is 4.39 Å². The summed E-state index contributed by atoms with van der Waals surface area (Å²) in [6.07, 6.45) is 12.7. The van der Waals surface area contributed by atoms with E-state index in [4.69, 9.17) is 4.74 Å². The predicted molar refractivity (Wildman–Crippen MR) is 179 cm³/mol. The molecule has 0 aromatic carbocycles. The summed E-state index contributed by atoms with van der Waals surface area (Å²) < 4.78 is 22.9. The normalized spacial score (nSPS) is 39.3. The fourth-order valence-electron chi connectivity index (χ4n) is 9.69. The van der Waals surface area contributed by atoms with Crippen LogP contribution in [0.2, 0.25) is 0 Å². The summed E-state index contributed by atoms with van der Waals surface area (Å²) >= 11 is 0. The topological polar surface area (TPSA) is 175 Å². The molecule has 5 aliphatic rings. The number of ether oxygens (including phenoxy) is 1. The van der Waals surface area contributed by atoms with Crippen LogP contribution in [0.25, 0.3) is 0 Å². The van der Waals surface area contributed by atoms with Crippen molar-refractivity contribution in [2.75, 3.05) is 13.2 Å². The van der Waals surface area contributed by atoms with E-state index >= 15 is 4.39 Å². The van der Waals surface area contributed by atoms with E-state index in [1.54, 1.807) is 26.8 Å². The lowest BCUT2D eigenvalue weighted by atomic mass is 9.44. The minimum atomic E-state index is -2.06. The van der Waals surface area contributed by atoms with Gasteiger partial charge in [0.25, 0.3) is 0 Å². The van der Waals surface area contributed by atoms with Crippen molar-refractivity contribution in [1.29, 1.82) is 0 Å². The number of hydrogen-bond donors (Lipinski definition) is 5. The number of fused-ring (bicyclic) bond motifs is 5. The average molecular weight is 686 g/mol. The molecule has 3 fully saturated rings. The lowest BCUT2D eigenvalue weighted by molar-refractivity contribution is -0.209. The third-order valence-electron chi connectivity index (χ3n) is 12.4. The third-order valence-corrected chi connectivity index (χ3v) is 12.4. The van der Waals surface area contributed by atoms with Gasteiger partial charge in [0.05, 0.1) is 18.4 Å². The highest BCUT2D eigenvalue weighted by atomic mass is 19.1. The Kier molecular flexibility index (Phi) is 11.0. The minimum absolute atomic E-state index is 0.00917. The maximum atomic E-state index is 17.4. The van der Waals surface area contributed by atoms with Gasteiger partial charge in [0.15, 0.2) is 11.5 Å². The highest BCUT2D eigenvalue weighted by Gasteiger charge is 2.75.